The van der Waals surface area contributed by atoms with Gasteiger partial charge < -0.3 is 0 Å². The van der Waals surface area contributed by atoms with E-state index in [2.05, 4.69) is 48.2 Å². The molecular formula is C17H18N6S. The first-order valence-electron chi connectivity index (χ1n) is 7.92. The Bertz CT molecular complexity index is 979. The van der Waals surface area contributed by atoms with Gasteiger partial charge in [0.2, 0.25) is 4.96 Å². The molecule has 0 aliphatic carbocycles. The monoisotopic (exact) mass is 338 g/mol. The summed E-state index contributed by atoms with van der Waals surface area (Å²) in [6.45, 7) is 7.03. The first-order chi connectivity index (χ1) is 11.6. The van der Waals surface area contributed by atoms with Gasteiger partial charge in [0.25, 0.3) is 0 Å². The molecule has 0 N–H and O–H groups in total. The van der Waals surface area contributed by atoms with Crippen LogP contribution in [-0.2, 0) is 6.54 Å². The third kappa shape index (κ3) is 2.50. The van der Waals surface area contributed by atoms with Crippen molar-refractivity contribution in [3.63, 3.8) is 0 Å². The minimum Gasteiger partial charge on any atom is -0.265 e. The molecule has 0 atom stereocenters. The lowest BCUT2D eigenvalue weighted by molar-refractivity contribution is 0.665. The number of benzene rings is 1. The Balaban J connectivity index is 1.70. The SMILES string of the molecule is Cc1c(-c2nn3c(C(C)C)nnc3s2)cnn1Cc1ccccc1. The van der Waals surface area contributed by atoms with Crippen LogP contribution in [-0.4, -0.2) is 29.6 Å². The van der Waals surface area contributed by atoms with Gasteiger partial charge in [-0.25, -0.2) is 0 Å². The van der Waals surface area contributed by atoms with Crippen LogP contribution in [0, 0.1) is 6.92 Å². The Morgan fingerprint density at radius 1 is 1.12 bits per heavy atom. The normalized spacial score (nSPS) is 11.7. The third-order valence-electron chi connectivity index (χ3n) is 4.04. The minimum atomic E-state index is 0.289. The quantitative estimate of drug-likeness (QED) is 0.571. The molecule has 0 saturated carbocycles. The van der Waals surface area contributed by atoms with Crippen LogP contribution in [0.2, 0.25) is 0 Å². The summed E-state index contributed by atoms with van der Waals surface area (Å²) in [6.07, 6.45) is 1.89. The van der Waals surface area contributed by atoms with Crippen LogP contribution in [0.3, 0.4) is 0 Å². The second-order valence-corrected chi connectivity index (χ2v) is 7.06. The number of fused-ring (bicyclic) bond motifs is 1. The fourth-order valence-electron chi connectivity index (χ4n) is 2.67. The molecule has 0 bridgehead atoms. The van der Waals surface area contributed by atoms with Crippen LogP contribution in [0.15, 0.2) is 36.5 Å². The van der Waals surface area contributed by atoms with E-state index in [1.54, 1.807) is 11.3 Å². The van der Waals surface area contributed by atoms with Crippen LogP contribution in [0.5, 0.6) is 0 Å². The first-order valence-corrected chi connectivity index (χ1v) is 8.74. The predicted octanol–water partition coefficient (Wildman–Crippen LogP) is 3.53. The molecule has 0 fully saturated rings. The summed E-state index contributed by atoms with van der Waals surface area (Å²) >= 11 is 1.55. The molecule has 24 heavy (non-hydrogen) atoms. The molecule has 122 valence electrons. The Hall–Kier alpha value is -2.54. The van der Waals surface area contributed by atoms with Crippen LogP contribution in [0.25, 0.3) is 15.5 Å². The maximum Gasteiger partial charge on any atom is 0.234 e. The summed E-state index contributed by atoms with van der Waals surface area (Å²) in [7, 11) is 0. The van der Waals surface area contributed by atoms with Crippen molar-refractivity contribution < 1.29 is 0 Å². The summed E-state index contributed by atoms with van der Waals surface area (Å²) in [6, 6.07) is 10.3. The van der Waals surface area contributed by atoms with Crippen LogP contribution >= 0.6 is 11.3 Å². The molecule has 0 aliphatic heterocycles. The fourth-order valence-corrected chi connectivity index (χ4v) is 3.58. The van der Waals surface area contributed by atoms with Gasteiger partial charge in [0.1, 0.15) is 0 Å². The highest BCUT2D eigenvalue weighted by molar-refractivity contribution is 7.19. The molecule has 3 aromatic heterocycles. The lowest BCUT2D eigenvalue weighted by Crippen LogP contribution is -2.03. The zero-order valence-corrected chi connectivity index (χ0v) is 14.7. The second-order valence-electron chi connectivity index (χ2n) is 6.10. The topological polar surface area (TPSA) is 60.9 Å². The van der Waals surface area contributed by atoms with Crippen molar-refractivity contribution in [3.05, 3.63) is 53.6 Å². The average Bonchev–Trinajstić information content (AvgIpc) is 3.23. The van der Waals surface area contributed by atoms with E-state index in [9.17, 15) is 0 Å². The molecule has 3 heterocycles. The Morgan fingerprint density at radius 3 is 2.67 bits per heavy atom. The van der Waals surface area contributed by atoms with E-state index in [0.717, 1.165) is 33.6 Å². The molecule has 7 heteroatoms. The van der Waals surface area contributed by atoms with Gasteiger partial charge in [-0.3, -0.25) is 4.68 Å². The lowest BCUT2D eigenvalue weighted by atomic mass is 10.2. The van der Waals surface area contributed by atoms with E-state index < -0.39 is 0 Å². The molecular weight excluding hydrogens is 320 g/mol. The van der Waals surface area contributed by atoms with E-state index in [1.807, 2.05) is 33.6 Å². The van der Waals surface area contributed by atoms with Gasteiger partial charge in [0, 0.05) is 11.6 Å². The lowest BCUT2D eigenvalue weighted by Gasteiger charge is -2.05. The third-order valence-corrected chi connectivity index (χ3v) is 4.97. The van der Waals surface area contributed by atoms with Gasteiger partial charge in [-0.1, -0.05) is 55.5 Å². The summed E-state index contributed by atoms with van der Waals surface area (Å²) in [4.78, 5) is 0.823. The van der Waals surface area contributed by atoms with Gasteiger partial charge in [0.15, 0.2) is 10.8 Å². The summed E-state index contributed by atoms with van der Waals surface area (Å²) in [5.74, 6) is 1.18. The van der Waals surface area contributed by atoms with E-state index in [1.165, 1.54) is 5.56 Å². The number of hydrogen-bond donors (Lipinski definition) is 0. The highest BCUT2D eigenvalue weighted by Gasteiger charge is 2.18. The Kier molecular flexibility index (Phi) is 3.65. The predicted molar refractivity (Wildman–Crippen MR) is 94.3 cm³/mol. The summed E-state index contributed by atoms with van der Waals surface area (Å²) in [5, 5.41) is 18.6. The smallest absolute Gasteiger partial charge is 0.234 e. The number of rotatable bonds is 4. The molecule has 6 nitrogen and oxygen atoms in total. The molecule has 1 aromatic carbocycles. The van der Waals surface area contributed by atoms with Crippen molar-refractivity contribution in [2.75, 3.05) is 0 Å². The molecule has 4 rings (SSSR count). The average molecular weight is 338 g/mol. The van der Waals surface area contributed by atoms with Gasteiger partial charge >= 0.3 is 0 Å². The van der Waals surface area contributed by atoms with E-state index in [0.29, 0.717) is 0 Å². The van der Waals surface area contributed by atoms with Crippen molar-refractivity contribution in [2.24, 2.45) is 0 Å². The molecule has 0 unspecified atom stereocenters. The summed E-state index contributed by atoms with van der Waals surface area (Å²) < 4.78 is 3.86. The number of aromatic nitrogens is 6. The van der Waals surface area contributed by atoms with E-state index >= 15 is 0 Å². The Morgan fingerprint density at radius 2 is 1.92 bits per heavy atom. The number of hydrogen-bond acceptors (Lipinski definition) is 5. The fraction of sp³-hybridized carbons (Fsp3) is 0.294. The van der Waals surface area contributed by atoms with Crippen molar-refractivity contribution in [2.45, 2.75) is 33.2 Å². The number of nitrogens with zero attached hydrogens (tertiary/aromatic N) is 6. The van der Waals surface area contributed by atoms with Gasteiger partial charge in [0.05, 0.1) is 18.3 Å². The zero-order valence-electron chi connectivity index (χ0n) is 13.8. The van der Waals surface area contributed by atoms with Crippen LogP contribution in [0.4, 0.5) is 0 Å². The van der Waals surface area contributed by atoms with Crippen molar-refractivity contribution in [1.29, 1.82) is 0 Å². The van der Waals surface area contributed by atoms with E-state index in [4.69, 9.17) is 5.10 Å². The van der Waals surface area contributed by atoms with Crippen molar-refractivity contribution in [3.8, 4) is 10.6 Å². The standard InChI is InChI=1S/C17H18N6S/c1-11(2)15-19-20-17-23(15)21-16(24-17)14-9-18-22(12(14)3)10-13-7-5-4-6-8-13/h4-9,11H,10H2,1-3H3. The molecule has 4 aromatic rings. The van der Waals surface area contributed by atoms with Crippen molar-refractivity contribution in [1.82, 2.24) is 29.6 Å². The maximum absolute atomic E-state index is 4.70. The van der Waals surface area contributed by atoms with Crippen molar-refractivity contribution >= 4 is 16.3 Å². The van der Waals surface area contributed by atoms with Crippen LogP contribution < -0.4 is 0 Å². The molecule has 0 amide bonds. The summed E-state index contributed by atoms with van der Waals surface area (Å²) in [5.41, 5.74) is 3.39. The highest BCUT2D eigenvalue weighted by atomic mass is 32.1. The zero-order chi connectivity index (χ0) is 16.7. The first kappa shape index (κ1) is 15.0. The second kappa shape index (κ2) is 5.83. The van der Waals surface area contributed by atoms with Gasteiger partial charge in [-0.2, -0.15) is 14.7 Å². The Labute approximate surface area is 143 Å². The van der Waals surface area contributed by atoms with Gasteiger partial charge in [-0.05, 0) is 12.5 Å². The minimum absolute atomic E-state index is 0.289. The molecule has 0 saturated heterocycles. The molecule has 0 spiro atoms. The van der Waals surface area contributed by atoms with Crippen LogP contribution in [0.1, 0.15) is 36.8 Å². The highest BCUT2D eigenvalue weighted by Crippen LogP contribution is 2.29. The molecule has 0 radical (unpaired) electrons. The van der Waals surface area contributed by atoms with Gasteiger partial charge in [-0.15, -0.1) is 10.2 Å². The van der Waals surface area contributed by atoms with E-state index in [-0.39, 0.29) is 5.92 Å². The maximum atomic E-state index is 4.70. The largest absolute Gasteiger partial charge is 0.265 e. The molecule has 0 aliphatic rings.